The molecule has 2 aromatic carbocycles. The molecule has 3 rings (SSSR count). The van der Waals surface area contributed by atoms with Crippen LogP contribution in [0, 0.1) is 5.82 Å². The van der Waals surface area contributed by atoms with Gasteiger partial charge in [-0.2, -0.15) is 0 Å². The third-order valence-corrected chi connectivity index (χ3v) is 5.97. The molecule has 5 heteroatoms. The molecule has 29 heavy (non-hydrogen) atoms. The summed E-state index contributed by atoms with van der Waals surface area (Å²) >= 11 is 6.07. The molecule has 0 radical (unpaired) electrons. The topological polar surface area (TPSA) is 29.5 Å². The predicted molar refractivity (Wildman–Crippen MR) is 115 cm³/mol. The molecule has 0 N–H and O–H groups in total. The number of rotatable bonds is 6. The van der Waals surface area contributed by atoms with Gasteiger partial charge in [0, 0.05) is 37.1 Å². The molecule has 2 unspecified atom stereocenters. The average Bonchev–Trinajstić information content (AvgIpc) is 2.66. The van der Waals surface area contributed by atoms with Gasteiger partial charge in [-0.3, -0.25) is 4.79 Å². The molecule has 1 fully saturated rings. The van der Waals surface area contributed by atoms with Crippen molar-refractivity contribution in [2.24, 2.45) is 0 Å². The van der Waals surface area contributed by atoms with E-state index in [9.17, 15) is 9.18 Å². The number of hydrogen-bond acceptors (Lipinski definition) is 2. The molecule has 1 saturated heterocycles. The van der Waals surface area contributed by atoms with Crippen LogP contribution in [0.2, 0.25) is 5.02 Å². The minimum absolute atomic E-state index is 0.0579. The van der Waals surface area contributed by atoms with Crippen LogP contribution in [0.15, 0.2) is 48.5 Å². The van der Waals surface area contributed by atoms with E-state index in [4.69, 9.17) is 16.3 Å². The van der Waals surface area contributed by atoms with Gasteiger partial charge < -0.3 is 9.64 Å². The van der Waals surface area contributed by atoms with Gasteiger partial charge in [0.25, 0.3) is 0 Å². The fourth-order valence-corrected chi connectivity index (χ4v) is 4.37. The largest absolute Gasteiger partial charge is 0.375 e. The lowest BCUT2D eigenvalue weighted by Gasteiger charge is -2.41. The first-order valence-corrected chi connectivity index (χ1v) is 10.5. The molecule has 0 aliphatic carbocycles. The number of hydrogen-bond donors (Lipinski definition) is 0. The Balaban J connectivity index is 1.81. The highest BCUT2D eigenvalue weighted by molar-refractivity contribution is 6.30. The highest BCUT2D eigenvalue weighted by atomic mass is 35.5. The van der Waals surface area contributed by atoms with E-state index in [2.05, 4.69) is 13.8 Å². The van der Waals surface area contributed by atoms with Gasteiger partial charge in [-0.15, -0.1) is 0 Å². The molecule has 2 aromatic rings. The summed E-state index contributed by atoms with van der Waals surface area (Å²) in [5.41, 5.74) is 1.92. The Morgan fingerprint density at radius 3 is 2.31 bits per heavy atom. The van der Waals surface area contributed by atoms with Gasteiger partial charge in [0.2, 0.25) is 5.91 Å². The average molecular weight is 418 g/mol. The third kappa shape index (κ3) is 5.80. The zero-order chi connectivity index (χ0) is 21.0. The summed E-state index contributed by atoms with van der Waals surface area (Å²) in [5, 5.41) is 0.682. The van der Waals surface area contributed by atoms with Crippen molar-refractivity contribution < 1.29 is 13.9 Å². The zero-order valence-electron chi connectivity index (χ0n) is 17.3. The number of carbonyl (C=O) groups is 1. The van der Waals surface area contributed by atoms with Crippen LogP contribution in [0.1, 0.15) is 57.1 Å². The van der Waals surface area contributed by atoms with Gasteiger partial charge >= 0.3 is 0 Å². The monoisotopic (exact) mass is 417 g/mol. The molecule has 0 bridgehead atoms. The molecule has 156 valence electrons. The smallest absolute Gasteiger partial charge is 0.219 e. The minimum atomic E-state index is -0.251. The third-order valence-electron chi connectivity index (χ3n) is 5.72. The second-order valence-corrected chi connectivity index (χ2v) is 8.85. The maximum atomic E-state index is 13.5. The Morgan fingerprint density at radius 2 is 1.76 bits per heavy atom. The van der Waals surface area contributed by atoms with Crippen molar-refractivity contribution in [2.75, 3.05) is 13.2 Å². The van der Waals surface area contributed by atoms with Crippen molar-refractivity contribution in [1.29, 1.82) is 0 Å². The molecule has 1 aliphatic heterocycles. The van der Waals surface area contributed by atoms with Crippen molar-refractivity contribution in [1.82, 2.24) is 4.90 Å². The Labute approximate surface area is 177 Å². The Morgan fingerprint density at radius 1 is 1.17 bits per heavy atom. The molecule has 3 nitrogen and oxygen atoms in total. The summed E-state index contributed by atoms with van der Waals surface area (Å²) in [6.45, 7) is 7.09. The van der Waals surface area contributed by atoms with Gasteiger partial charge in [-0.05, 0) is 68.5 Å². The fraction of sp³-hybridized carbons (Fsp3) is 0.458. The van der Waals surface area contributed by atoms with Crippen LogP contribution in [0.5, 0.6) is 0 Å². The standard InChI is InChI=1S/C24H29ClFNO2/c1-17(28)27(22-13-15-29-24(2,3)16-22)14-12-23(18-4-8-20(25)9-5-18)19-6-10-21(26)11-7-19/h4-11,22-23H,12-16H2,1-3H3. The summed E-state index contributed by atoms with van der Waals surface area (Å²) in [6.07, 6.45) is 2.44. The molecule has 1 amide bonds. The van der Waals surface area contributed by atoms with Crippen LogP contribution >= 0.6 is 11.6 Å². The van der Waals surface area contributed by atoms with E-state index in [0.29, 0.717) is 18.2 Å². The molecule has 0 spiro atoms. The summed E-state index contributed by atoms with van der Waals surface area (Å²) < 4.78 is 19.3. The number of amides is 1. The molecule has 1 aliphatic rings. The zero-order valence-corrected chi connectivity index (χ0v) is 18.1. The van der Waals surface area contributed by atoms with Crippen molar-refractivity contribution >= 4 is 17.5 Å². The van der Waals surface area contributed by atoms with Gasteiger partial charge in [0.05, 0.1) is 5.60 Å². The van der Waals surface area contributed by atoms with Gasteiger partial charge in [0.15, 0.2) is 0 Å². The first kappa shape index (κ1) is 21.8. The normalized spacial score (nSPS) is 19.6. The lowest BCUT2D eigenvalue weighted by Crippen LogP contribution is -2.48. The van der Waals surface area contributed by atoms with Crippen LogP contribution in [0.3, 0.4) is 0 Å². The maximum Gasteiger partial charge on any atom is 0.219 e. The summed E-state index contributed by atoms with van der Waals surface area (Å²) in [7, 11) is 0. The van der Waals surface area contributed by atoms with E-state index >= 15 is 0 Å². The summed E-state index contributed by atoms with van der Waals surface area (Å²) in [6, 6.07) is 14.6. The second kappa shape index (κ2) is 9.27. The molecule has 2 atom stereocenters. The van der Waals surface area contributed by atoms with Crippen molar-refractivity contribution in [2.45, 2.75) is 57.6 Å². The number of halogens is 2. The Kier molecular flexibility index (Phi) is 6.97. The highest BCUT2D eigenvalue weighted by Crippen LogP contribution is 2.32. The van der Waals surface area contributed by atoms with Gasteiger partial charge in [0.1, 0.15) is 5.82 Å². The van der Waals surface area contributed by atoms with E-state index < -0.39 is 0 Å². The van der Waals surface area contributed by atoms with Gasteiger partial charge in [-0.25, -0.2) is 4.39 Å². The van der Waals surface area contributed by atoms with Crippen LogP contribution in [-0.4, -0.2) is 35.6 Å². The van der Waals surface area contributed by atoms with E-state index in [1.54, 1.807) is 6.92 Å². The molecular weight excluding hydrogens is 389 g/mol. The maximum absolute atomic E-state index is 13.5. The van der Waals surface area contributed by atoms with Crippen molar-refractivity contribution in [3.05, 3.63) is 70.5 Å². The number of nitrogens with zero attached hydrogens (tertiary/aromatic N) is 1. The lowest BCUT2D eigenvalue weighted by atomic mass is 9.87. The molecule has 0 aromatic heterocycles. The van der Waals surface area contributed by atoms with Crippen LogP contribution in [-0.2, 0) is 9.53 Å². The number of ether oxygens (including phenoxy) is 1. The van der Waals surface area contributed by atoms with Crippen LogP contribution < -0.4 is 0 Å². The van der Waals surface area contributed by atoms with E-state index in [1.807, 2.05) is 41.3 Å². The Hall–Kier alpha value is -1.91. The van der Waals surface area contributed by atoms with Crippen LogP contribution in [0.25, 0.3) is 0 Å². The van der Waals surface area contributed by atoms with E-state index in [-0.39, 0.29) is 29.3 Å². The van der Waals surface area contributed by atoms with Crippen molar-refractivity contribution in [3.63, 3.8) is 0 Å². The molecular formula is C24H29ClFNO2. The highest BCUT2D eigenvalue weighted by Gasteiger charge is 2.33. The first-order chi connectivity index (χ1) is 13.7. The number of carbonyl (C=O) groups excluding carboxylic acids is 1. The SMILES string of the molecule is CC(=O)N(CCC(c1ccc(F)cc1)c1ccc(Cl)cc1)C1CCOC(C)(C)C1. The predicted octanol–water partition coefficient (Wildman–Crippen LogP) is 5.81. The van der Waals surface area contributed by atoms with Crippen molar-refractivity contribution in [3.8, 4) is 0 Å². The van der Waals surface area contributed by atoms with E-state index in [1.165, 1.54) is 12.1 Å². The van der Waals surface area contributed by atoms with E-state index in [0.717, 1.165) is 30.4 Å². The lowest BCUT2D eigenvalue weighted by molar-refractivity contribution is -0.138. The summed E-state index contributed by atoms with van der Waals surface area (Å²) in [4.78, 5) is 14.4. The summed E-state index contributed by atoms with van der Waals surface area (Å²) in [5.74, 6) is -0.109. The fourth-order valence-electron chi connectivity index (χ4n) is 4.25. The molecule has 1 heterocycles. The first-order valence-electron chi connectivity index (χ1n) is 10.2. The number of benzene rings is 2. The quantitative estimate of drug-likeness (QED) is 0.593. The second-order valence-electron chi connectivity index (χ2n) is 8.41. The Bertz CT molecular complexity index is 774. The molecule has 0 saturated carbocycles. The van der Waals surface area contributed by atoms with Crippen LogP contribution in [0.4, 0.5) is 4.39 Å². The minimum Gasteiger partial charge on any atom is -0.375 e. The van der Waals surface area contributed by atoms with Gasteiger partial charge in [-0.1, -0.05) is 35.9 Å².